The lowest BCUT2D eigenvalue weighted by Gasteiger charge is -2.26. The van der Waals surface area contributed by atoms with E-state index in [0.29, 0.717) is 42.3 Å². The van der Waals surface area contributed by atoms with Crippen molar-refractivity contribution in [1.29, 1.82) is 0 Å². The maximum Gasteiger partial charge on any atom is 0.252 e. The van der Waals surface area contributed by atoms with Gasteiger partial charge in [-0.25, -0.2) is 8.42 Å². The van der Waals surface area contributed by atoms with Gasteiger partial charge in [-0.2, -0.15) is 4.31 Å². The Balaban J connectivity index is 2.17. The first-order chi connectivity index (χ1) is 12.2. The third-order valence-electron chi connectivity index (χ3n) is 4.34. The molecule has 26 heavy (non-hydrogen) atoms. The summed E-state index contributed by atoms with van der Waals surface area (Å²) in [6.07, 6.45) is 1.90. The zero-order chi connectivity index (χ0) is 19.3. The fourth-order valence-corrected chi connectivity index (χ4v) is 4.59. The van der Waals surface area contributed by atoms with Crippen LogP contribution in [-0.2, 0) is 14.8 Å². The Morgan fingerprint density at radius 3 is 2.50 bits per heavy atom. The van der Waals surface area contributed by atoms with Gasteiger partial charge in [0.05, 0.1) is 23.7 Å². The predicted octanol–water partition coefficient (Wildman–Crippen LogP) is 3.02. The predicted molar refractivity (Wildman–Crippen MR) is 105 cm³/mol. The van der Waals surface area contributed by atoms with Gasteiger partial charge >= 0.3 is 0 Å². The molecule has 8 heteroatoms. The average Bonchev–Trinajstić information content (AvgIpc) is 2.60. The molecule has 1 fully saturated rings. The molecule has 6 nitrogen and oxygen atoms in total. The summed E-state index contributed by atoms with van der Waals surface area (Å²) in [7, 11) is -3.63. The topological polar surface area (TPSA) is 75.7 Å². The molecule has 0 bridgehead atoms. The van der Waals surface area contributed by atoms with Crippen molar-refractivity contribution in [3.8, 4) is 0 Å². The van der Waals surface area contributed by atoms with Gasteiger partial charge < -0.3 is 10.1 Å². The number of sulfonamides is 1. The molecule has 1 saturated heterocycles. The molecule has 0 aliphatic carbocycles. The molecule has 1 heterocycles. The van der Waals surface area contributed by atoms with Crippen LogP contribution >= 0.6 is 15.9 Å². The molecule has 1 amide bonds. The van der Waals surface area contributed by atoms with Crippen molar-refractivity contribution in [1.82, 2.24) is 9.62 Å². The summed E-state index contributed by atoms with van der Waals surface area (Å²) in [5.74, 6) is 0.301. The lowest BCUT2D eigenvalue weighted by Crippen LogP contribution is -2.40. The van der Waals surface area contributed by atoms with Crippen molar-refractivity contribution in [2.45, 2.75) is 44.6 Å². The Labute approximate surface area is 164 Å². The highest BCUT2D eigenvalue weighted by molar-refractivity contribution is 9.10. The Morgan fingerprint density at radius 1 is 1.23 bits per heavy atom. The number of nitrogens with one attached hydrogen (secondary N) is 1. The van der Waals surface area contributed by atoms with Crippen LogP contribution < -0.4 is 5.32 Å². The minimum atomic E-state index is -3.63. The van der Waals surface area contributed by atoms with Gasteiger partial charge in [0.1, 0.15) is 0 Å². The standard InChI is InChI=1S/C18H27BrN2O4S/c1-13(2)4-5-14(3)20-18(22)16-12-15(6-7-17(16)19)26(23,24)21-8-10-25-11-9-21/h6-7,12-14H,4-5,8-11H2,1-3H3,(H,20,22)/t14-/m0/s1. The summed E-state index contributed by atoms with van der Waals surface area (Å²) in [6.45, 7) is 7.67. The Bertz CT molecular complexity index is 731. The van der Waals surface area contributed by atoms with Crippen molar-refractivity contribution in [2.24, 2.45) is 5.92 Å². The number of halogens is 1. The van der Waals surface area contributed by atoms with Crippen molar-refractivity contribution in [3.05, 3.63) is 28.2 Å². The molecular formula is C18H27BrN2O4S. The van der Waals surface area contributed by atoms with Crippen molar-refractivity contribution in [2.75, 3.05) is 26.3 Å². The first-order valence-electron chi connectivity index (χ1n) is 8.90. The highest BCUT2D eigenvalue weighted by atomic mass is 79.9. The third kappa shape index (κ3) is 5.52. The fourth-order valence-electron chi connectivity index (χ4n) is 2.73. The monoisotopic (exact) mass is 446 g/mol. The highest BCUT2D eigenvalue weighted by Crippen LogP contribution is 2.24. The number of hydrogen-bond acceptors (Lipinski definition) is 4. The van der Waals surface area contributed by atoms with Gasteiger partial charge in [0, 0.05) is 23.6 Å². The molecule has 0 aromatic heterocycles. The molecule has 0 unspecified atom stereocenters. The summed E-state index contributed by atoms with van der Waals surface area (Å²) < 4.78 is 32.8. The van der Waals surface area contributed by atoms with E-state index in [0.717, 1.165) is 12.8 Å². The summed E-state index contributed by atoms with van der Waals surface area (Å²) in [4.78, 5) is 12.7. The molecular weight excluding hydrogens is 420 g/mol. The van der Waals surface area contributed by atoms with Gasteiger partial charge in [-0.15, -0.1) is 0 Å². The number of hydrogen-bond donors (Lipinski definition) is 1. The quantitative estimate of drug-likeness (QED) is 0.697. The van der Waals surface area contributed by atoms with E-state index >= 15 is 0 Å². The van der Waals surface area contributed by atoms with E-state index in [2.05, 4.69) is 35.1 Å². The van der Waals surface area contributed by atoms with Crippen LogP contribution in [0.25, 0.3) is 0 Å². The van der Waals surface area contributed by atoms with E-state index in [9.17, 15) is 13.2 Å². The van der Waals surface area contributed by atoms with Crippen molar-refractivity contribution < 1.29 is 17.9 Å². The molecule has 0 saturated carbocycles. The van der Waals surface area contributed by atoms with Crippen LogP contribution in [0.5, 0.6) is 0 Å². The van der Waals surface area contributed by atoms with Gasteiger partial charge in [0.25, 0.3) is 5.91 Å². The minimum Gasteiger partial charge on any atom is -0.379 e. The summed E-state index contributed by atoms with van der Waals surface area (Å²) in [6, 6.07) is 4.60. The lowest BCUT2D eigenvalue weighted by atomic mass is 10.0. The molecule has 1 aliphatic rings. The number of rotatable bonds is 7. The number of ether oxygens (including phenoxy) is 1. The van der Waals surface area contributed by atoms with Crippen LogP contribution in [0.3, 0.4) is 0 Å². The van der Waals surface area contributed by atoms with Gasteiger partial charge in [-0.05, 0) is 59.8 Å². The molecule has 1 aliphatic heterocycles. The number of benzene rings is 1. The largest absolute Gasteiger partial charge is 0.379 e. The molecule has 0 radical (unpaired) electrons. The van der Waals surface area contributed by atoms with E-state index in [1.54, 1.807) is 6.07 Å². The molecule has 1 aromatic rings. The summed E-state index contributed by atoms with van der Waals surface area (Å²) in [5, 5.41) is 2.95. The molecule has 1 atom stereocenters. The molecule has 1 N–H and O–H groups in total. The third-order valence-corrected chi connectivity index (χ3v) is 6.93. The molecule has 1 aromatic carbocycles. The van der Waals surface area contributed by atoms with E-state index in [1.165, 1.54) is 16.4 Å². The van der Waals surface area contributed by atoms with E-state index in [1.807, 2.05) is 6.92 Å². The first kappa shape index (κ1) is 21.3. The number of carbonyl (C=O) groups excluding carboxylic acids is 1. The van der Waals surface area contributed by atoms with Gasteiger partial charge in [0.2, 0.25) is 10.0 Å². The summed E-state index contributed by atoms with van der Waals surface area (Å²) >= 11 is 3.36. The SMILES string of the molecule is CC(C)CC[C@H](C)NC(=O)c1cc(S(=O)(=O)N2CCOCC2)ccc1Br. The maximum atomic E-state index is 12.8. The zero-order valence-corrected chi connectivity index (χ0v) is 17.9. The Morgan fingerprint density at radius 2 is 1.88 bits per heavy atom. The Kier molecular flexibility index (Phi) is 7.63. The number of nitrogens with zero attached hydrogens (tertiary/aromatic N) is 1. The average molecular weight is 447 g/mol. The van der Waals surface area contributed by atoms with Crippen LogP contribution in [0.4, 0.5) is 0 Å². The zero-order valence-electron chi connectivity index (χ0n) is 15.5. The van der Waals surface area contributed by atoms with E-state index in [-0.39, 0.29) is 16.8 Å². The van der Waals surface area contributed by atoms with Crippen molar-refractivity contribution >= 4 is 31.9 Å². The van der Waals surface area contributed by atoms with E-state index < -0.39 is 10.0 Å². The normalized spacial score (nSPS) is 17.3. The van der Waals surface area contributed by atoms with Crippen LogP contribution in [0.1, 0.15) is 44.0 Å². The van der Waals surface area contributed by atoms with Crippen LogP contribution in [-0.4, -0.2) is 51.0 Å². The lowest BCUT2D eigenvalue weighted by molar-refractivity contribution is 0.0730. The highest BCUT2D eigenvalue weighted by Gasteiger charge is 2.27. The van der Waals surface area contributed by atoms with Crippen LogP contribution in [0.2, 0.25) is 0 Å². The van der Waals surface area contributed by atoms with Gasteiger partial charge in [-0.1, -0.05) is 13.8 Å². The van der Waals surface area contributed by atoms with E-state index in [4.69, 9.17) is 4.74 Å². The van der Waals surface area contributed by atoms with Crippen molar-refractivity contribution in [3.63, 3.8) is 0 Å². The van der Waals surface area contributed by atoms with Gasteiger partial charge in [-0.3, -0.25) is 4.79 Å². The number of amides is 1. The molecule has 2 rings (SSSR count). The molecule has 146 valence electrons. The maximum absolute atomic E-state index is 12.8. The van der Waals surface area contributed by atoms with Gasteiger partial charge in [0.15, 0.2) is 0 Å². The Hall–Kier alpha value is -0.960. The first-order valence-corrected chi connectivity index (χ1v) is 11.1. The second-order valence-corrected chi connectivity index (χ2v) is 9.80. The number of carbonyl (C=O) groups is 1. The smallest absolute Gasteiger partial charge is 0.252 e. The summed E-state index contributed by atoms with van der Waals surface area (Å²) in [5.41, 5.74) is 0.329. The molecule has 0 spiro atoms. The second-order valence-electron chi connectivity index (χ2n) is 7.00. The fraction of sp³-hybridized carbons (Fsp3) is 0.611. The number of morpholine rings is 1. The van der Waals surface area contributed by atoms with Crippen LogP contribution in [0.15, 0.2) is 27.6 Å². The second kappa shape index (κ2) is 9.30. The van der Waals surface area contributed by atoms with Crippen LogP contribution in [0, 0.1) is 5.92 Å². The minimum absolute atomic E-state index is 0.0244.